The van der Waals surface area contributed by atoms with Gasteiger partial charge in [0.25, 0.3) is 17.7 Å². The number of hydrogen-bond donors (Lipinski definition) is 9. The van der Waals surface area contributed by atoms with E-state index >= 15 is 0 Å². The molecule has 0 aromatic heterocycles. The fourth-order valence-electron chi connectivity index (χ4n) is 5.62. The van der Waals surface area contributed by atoms with E-state index in [1.807, 2.05) is 6.07 Å². The predicted octanol–water partition coefficient (Wildman–Crippen LogP) is 5.33. The number of ether oxygens (including phenoxy) is 2. The summed E-state index contributed by atoms with van der Waals surface area (Å²) < 4.78 is 10.3. The number of nitrogens with zero attached hydrogens (tertiary/aromatic N) is 1. The molecule has 0 heterocycles. The van der Waals surface area contributed by atoms with Crippen LogP contribution in [-0.4, -0.2) is 76.2 Å². The maximum Gasteiger partial charge on any atom is 0.339 e. The zero-order valence-corrected chi connectivity index (χ0v) is 32.2. The highest BCUT2D eigenvalue weighted by Crippen LogP contribution is 2.40. The Hall–Kier alpha value is -8.85. The Labute approximate surface area is 346 Å². The Kier molecular flexibility index (Phi) is 13.9. The van der Waals surface area contributed by atoms with Crippen molar-refractivity contribution in [3.8, 4) is 34.8 Å². The van der Waals surface area contributed by atoms with Crippen LogP contribution in [0.25, 0.3) is 6.08 Å². The van der Waals surface area contributed by atoms with Crippen LogP contribution in [-0.2, 0) is 9.59 Å². The molecule has 0 unspecified atom stereocenters. The molecule has 5 rings (SSSR count). The number of benzene rings is 5. The van der Waals surface area contributed by atoms with Crippen LogP contribution in [0, 0.1) is 11.3 Å². The zero-order valence-electron chi connectivity index (χ0n) is 32.2. The van der Waals surface area contributed by atoms with Gasteiger partial charge >= 0.3 is 5.97 Å². The Balaban J connectivity index is 1.18. The fraction of sp³-hybridized carbons (Fsp3) is 0.0930. The van der Waals surface area contributed by atoms with Crippen LogP contribution in [0.3, 0.4) is 0 Å². The number of phenolic OH excluding ortho intramolecular Hbond substituents is 2. The molecule has 0 saturated heterocycles. The van der Waals surface area contributed by atoms with Crippen molar-refractivity contribution in [2.24, 2.45) is 0 Å². The van der Waals surface area contributed by atoms with Crippen molar-refractivity contribution in [3.63, 3.8) is 0 Å². The summed E-state index contributed by atoms with van der Waals surface area (Å²) in [6.07, 6.45) is 2.50. The summed E-state index contributed by atoms with van der Waals surface area (Å²) in [7, 11) is 2.35. The third kappa shape index (κ3) is 10.8. The van der Waals surface area contributed by atoms with Crippen LogP contribution in [0.15, 0.2) is 103 Å². The molecule has 0 aliphatic heterocycles. The minimum Gasteiger partial charge on any atom is -0.508 e. The Bertz CT molecular complexity index is 2570. The van der Waals surface area contributed by atoms with Crippen molar-refractivity contribution in [2.45, 2.75) is 12.5 Å². The Morgan fingerprint density at radius 2 is 1.15 bits per heavy atom. The van der Waals surface area contributed by atoms with Gasteiger partial charge in [0.2, 0.25) is 11.8 Å². The van der Waals surface area contributed by atoms with E-state index in [0.29, 0.717) is 11.3 Å². The van der Waals surface area contributed by atoms with Gasteiger partial charge in [-0.25, -0.2) is 4.79 Å². The smallest absolute Gasteiger partial charge is 0.339 e. The highest BCUT2D eigenvalue weighted by Gasteiger charge is 2.25. The highest BCUT2D eigenvalue weighted by atomic mass is 16.5. The molecule has 0 radical (unpaired) electrons. The second-order valence-electron chi connectivity index (χ2n) is 12.7. The number of phenols is 3. The minimum absolute atomic E-state index is 0.0198. The molecule has 5 amide bonds. The predicted molar refractivity (Wildman–Crippen MR) is 221 cm³/mol. The monoisotopic (exact) mass is 828 g/mol. The lowest BCUT2D eigenvalue weighted by molar-refractivity contribution is -0.118. The van der Waals surface area contributed by atoms with E-state index < -0.39 is 58.6 Å². The number of aromatic hydroxyl groups is 3. The maximum absolute atomic E-state index is 13.2. The number of methoxy groups -OCH3 is 2. The lowest BCUT2D eigenvalue weighted by Crippen LogP contribution is -2.43. The summed E-state index contributed by atoms with van der Waals surface area (Å²) in [5.74, 6) is -6.68. The first-order valence-corrected chi connectivity index (χ1v) is 17.9. The van der Waals surface area contributed by atoms with Crippen molar-refractivity contribution in [1.82, 2.24) is 5.32 Å². The largest absolute Gasteiger partial charge is 0.508 e. The number of nitriles is 1. The normalized spacial score (nSPS) is 11.0. The van der Waals surface area contributed by atoms with Crippen molar-refractivity contribution in [2.75, 3.05) is 35.5 Å². The zero-order chi connectivity index (χ0) is 44.2. The average Bonchev–Trinajstić information content (AvgIpc) is 3.23. The molecule has 9 N–H and O–H groups in total. The van der Waals surface area contributed by atoms with Gasteiger partial charge in [-0.05, 0) is 96.6 Å². The van der Waals surface area contributed by atoms with Crippen molar-refractivity contribution in [3.05, 3.63) is 131 Å². The molecule has 0 bridgehead atoms. The van der Waals surface area contributed by atoms with Gasteiger partial charge in [-0.1, -0.05) is 12.1 Å². The van der Waals surface area contributed by atoms with Crippen LogP contribution in [0.2, 0.25) is 0 Å². The summed E-state index contributed by atoms with van der Waals surface area (Å²) >= 11 is 0. The molecule has 0 aliphatic rings. The summed E-state index contributed by atoms with van der Waals surface area (Å²) in [4.78, 5) is 76.1. The molecule has 5 aromatic rings. The van der Waals surface area contributed by atoms with Gasteiger partial charge in [-0.3, -0.25) is 24.0 Å². The van der Waals surface area contributed by atoms with Gasteiger partial charge in [-0.2, -0.15) is 5.26 Å². The molecule has 1 atom stereocenters. The van der Waals surface area contributed by atoms with Gasteiger partial charge in [-0.15, -0.1) is 0 Å². The maximum atomic E-state index is 13.2. The molecule has 310 valence electrons. The molecule has 0 aliphatic carbocycles. The highest BCUT2D eigenvalue weighted by molar-refractivity contribution is 6.10. The van der Waals surface area contributed by atoms with Gasteiger partial charge in [0.05, 0.1) is 43.6 Å². The second-order valence-corrected chi connectivity index (χ2v) is 12.7. The first-order chi connectivity index (χ1) is 29.2. The molecule has 0 spiro atoms. The number of carboxylic acid groups (broad SMARTS) is 1. The van der Waals surface area contributed by atoms with E-state index in [1.54, 1.807) is 18.2 Å². The molecular formula is C43H36N6O12. The number of rotatable bonds is 15. The first kappa shape index (κ1) is 43.3. The number of carbonyl (C=O) groups is 6. The third-order valence-corrected chi connectivity index (χ3v) is 8.71. The molecule has 18 nitrogen and oxygen atoms in total. The van der Waals surface area contributed by atoms with E-state index in [0.717, 1.165) is 13.2 Å². The van der Waals surface area contributed by atoms with Crippen LogP contribution in [0.5, 0.6) is 28.7 Å². The lowest BCUT2D eigenvalue weighted by atomic mass is 10.1. The van der Waals surface area contributed by atoms with Crippen molar-refractivity contribution < 1.29 is 58.7 Å². The van der Waals surface area contributed by atoms with E-state index in [4.69, 9.17) is 9.47 Å². The average molecular weight is 829 g/mol. The summed E-state index contributed by atoms with van der Waals surface area (Å²) in [5, 5.41) is 61.9. The van der Waals surface area contributed by atoms with E-state index in [1.165, 1.54) is 92.0 Å². The molecule has 0 saturated carbocycles. The van der Waals surface area contributed by atoms with Crippen LogP contribution >= 0.6 is 0 Å². The van der Waals surface area contributed by atoms with E-state index in [-0.39, 0.29) is 57.4 Å². The van der Waals surface area contributed by atoms with Crippen LogP contribution < -0.4 is 36.1 Å². The number of hydrogen-bond acceptors (Lipinski definition) is 12. The van der Waals surface area contributed by atoms with Crippen LogP contribution in [0.1, 0.15) is 53.4 Å². The number of aromatic carboxylic acids is 1. The lowest BCUT2D eigenvalue weighted by Gasteiger charge is -2.17. The Morgan fingerprint density at radius 3 is 1.69 bits per heavy atom. The summed E-state index contributed by atoms with van der Waals surface area (Å²) in [5.41, 5.74) is 0.690. The van der Waals surface area contributed by atoms with Gasteiger partial charge in [0.15, 0.2) is 23.0 Å². The topological polar surface area (TPSA) is 286 Å². The molecule has 18 heteroatoms. The number of amides is 5. The fourth-order valence-corrected chi connectivity index (χ4v) is 5.62. The molecule has 0 fully saturated rings. The van der Waals surface area contributed by atoms with Crippen molar-refractivity contribution >= 4 is 64.3 Å². The number of carbonyl (C=O) groups excluding carboxylic acids is 5. The number of nitrogens with one attached hydrogen (secondary N) is 5. The summed E-state index contributed by atoms with van der Waals surface area (Å²) in [6.45, 7) is 0. The molecule has 5 aromatic carbocycles. The third-order valence-electron chi connectivity index (χ3n) is 8.71. The quantitative estimate of drug-likeness (QED) is 0.0605. The standard InChI is InChI=1S/C43H36N6O12/c1-60-37-31(18-16-29(35(37)52)41(56)48-32-19-17-30(43(58)59)36(53)38(32)61-2)47-39(54)24-8-12-27(13-9-24)46-42(57)33(21-22-44)49-40(55)25-6-10-26(11-7-25)45-34(51)20-5-23-3-14-28(50)15-4-23/h3-20,33,50,52-53H,21H2,1-2H3,(H,45,51)(H,46,57)(H,47,54)(H,48,56)(H,49,55)(H,58,59)/b20-5+/t33-/m0/s1. The second kappa shape index (κ2) is 19.5. The van der Waals surface area contributed by atoms with Crippen LogP contribution in [0.4, 0.5) is 22.7 Å². The first-order valence-electron chi connectivity index (χ1n) is 17.9. The number of carboxylic acids is 1. The Morgan fingerprint density at radius 1 is 0.639 bits per heavy atom. The summed E-state index contributed by atoms with van der Waals surface area (Å²) in [6, 6.07) is 23.0. The van der Waals surface area contributed by atoms with Gasteiger partial charge in [0.1, 0.15) is 17.4 Å². The minimum atomic E-state index is -1.43. The number of anilines is 4. The molecular weight excluding hydrogens is 793 g/mol. The van der Waals surface area contributed by atoms with Gasteiger partial charge in [0, 0.05) is 28.6 Å². The molecule has 61 heavy (non-hydrogen) atoms. The van der Waals surface area contributed by atoms with Gasteiger partial charge < -0.3 is 56.5 Å². The van der Waals surface area contributed by atoms with E-state index in [2.05, 4.69) is 26.6 Å². The SMILES string of the molecule is COc1c(NC(=O)c2ccc(NC(=O)c3ccc(NC(=O)[C@H](CC#N)NC(=O)c4ccc(NC(=O)/C=C/c5ccc(O)cc5)cc4)cc3)c(OC)c2O)ccc(C(=O)O)c1O. The van der Waals surface area contributed by atoms with E-state index in [9.17, 15) is 54.5 Å². The van der Waals surface area contributed by atoms with Crippen molar-refractivity contribution in [1.29, 1.82) is 5.26 Å².